The van der Waals surface area contributed by atoms with Crippen molar-refractivity contribution in [1.29, 1.82) is 0 Å². The van der Waals surface area contributed by atoms with Crippen LogP contribution in [0.2, 0.25) is 0 Å². The molecule has 1 aliphatic rings. The lowest BCUT2D eigenvalue weighted by Crippen LogP contribution is -2.50. The number of aliphatic hydroxyl groups excluding tert-OH is 1. The molecule has 1 aromatic rings. The largest absolute Gasteiger partial charge is 0.395 e. The van der Waals surface area contributed by atoms with Crippen LogP contribution in [-0.4, -0.2) is 48.2 Å². The number of hydrogen-bond donors (Lipinski definition) is 2. The lowest BCUT2D eigenvalue weighted by atomic mass is 9.83. The zero-order valence-electron chi connectivity index (χ0n) is 14.0. The molecule has 0 spiro atoms. The Bertz CT molecular complexity index is 514. The Kier molecular flexibility index (Phi) is 6.13. The molecule has 2 N–H and O–H groups in total. The highest BCUT2D eigenvalue weighted by atomic mass is 19.1. The molecule has 5 heteroatoms. The van der Waals surface area contributed by atoms with Crippen molar-refractivity contribution in [3.8, 4) is 0 Å². The fourth-order valence-electron chi connectivity index (χ4n) is 3.14. The summed E-state index contributed by atoms with van der Waals surface area (Å²) in [7, 11) is 0. The SMILES string of the molecule is CC(C)(C(=O)NCC1CCCCN1CCO)c1ccc(F)cc1. The Morgan fingerprint density at radius 1 is 1.35 bits per heavy atom. The minimum Gasteiger partial charge on any atom is -0.395 e. The molecule has 0 radical (unpaired) electrons. The van der Waals surface area contributed by atoms with Gasteiger partial charge in [-0.1, -0.05) is 18.6 Å². The first-order chi connectivity index (χ1) is 10.9. The molecule has 4 nitrogen and oxygen atoms in total. The van der Waals surface area contributed by atoms with Gasteiger partial charge in [0.1, 0.15) is 5.82 Å². The fraction of sp³-hybridized carbons (Fsp3) is 0.611. The van der Waals surface area contributed by atoms with Crippen molar-refractivity contribution < 1.29 is 14.3 Å². The molecule has 23 heavy (non-hydrogen) atoms. The summed E-state index contributed by atoms with van der Waals surface area (Å²) in [6, 6.07) is 6.37. The number of nitrogens with one attached hydrogen (secondary N) is 1. The molecule has 1 heterocycles. The average molecular weight is 322 g/mol. The van der Waals surface area contributed by atoms with Crippen molar-refractivity contribution in [2.75, 3.05) is 26.2 Å². The van der Waals surface area contributed by atoms with E-state index in [0.29, 0.717) is 13.1 Å². The second kappa shape index (κ2) is 7.88. The lowest BCUT2D eigenvalue weighted by Gasteiger charge is -2.36. The number of piperidine rings is 1. The molecule has 0 aromatic heterocycles. The van der Waals surface area contributed by atoms with E-state index in [-0.39, 0.29) is 24.4 Å². The first-order valence-electron chi connectivity index (χ1n) is 8.34. The molecule has 1 atom stereocenters. The van der Waals surface area contributed by atoms with Gasteiger partial charge < -0.3 is 10.4 Å². The van der Waals surface area contributed by atoms with E-state index in [2.05, 4.69) is 10.2 Å². The van der Waals surface area contributed by atoms with E-state index in [0.717, 1.165) is 31.4 Å². The third kappa shape index (κ3) is 4.52. The van der Waals surface area contributed by atoms with Crippen LogP contribution >= 0.6 is 0 Å². The van der Waals surface area contributed by atoms with Crippen LogP contribution in [0.3, 0.4) is 0 Å². The summed E-state index contributed by atoms with van der Waals surface area (Å²) in [5.74, 6) is -0.356. The summed E-state index contributed by atoms with van der Waals surface area (Å²) in [5.41, 5.74) is 0.0942. The van der Waals surface area contributed by atoms with Crippen LogP contribution in [0.25, 0.3) is 0 Å². The predicted molar refractivity (Wildman–Crippen MR) is 88.7 cm³/mol. The molecule has 0 bridgehead atoms. The summed E-state index contributed by atoms with van der Waals surface area (Å²) < 4.78 is 13.1. The van der Waals surface area contributed by atoms with E-state index >= 15 is 0 Å². The minimum absolute atomic E-state index is 0.0568. The third-order valence-corrected chi connectivity index (χ3v) is 4.77. The highest BCUT2D eigenvalue weighted by Crippen LogP contribution is 2.24. The zero-order valence-corrected chi connectivity index (χ0v) is 14.0. The topological polar surface area (TPSA) is 52.6 Å². The monoisotopic (exact) mass is 322 g/mol. The number of β-amino-alcohol motifs (C(OH)–C–C–N with tert-alkyl or cyclic N) is 1. The van der Waals surface area contributed by atoms with Gasteiger partial charge in [-0.3, -0.25) is 9.69 Å². The van der Waals surface area contributed by atoms with Crippen molar-refractivity contribution >= 4 is 5.91 Å². The van der Waals surface area contributed by atoms with Crippen LogP contribution in [0.15, 0.2) is 24.3 Å². The molecular formula is C18H27FN2O2. The molecule has 1 aromatic carbocycles. The highest BCUT2D eigenvalue weighted by molar-refractivity contribution is 5.87. The Morgan fingerprint density at radius 3 is 2.70 bits per heavy atom. The summed E-state index contributed by atoms with van der Waals surface area (Å²) in [6.45, 7) is 6.06. The van der Waals surface area contributed by atoms with Crippen LogP contribution in [0.4, 0.5) is 4.39 Å². The Balaban J connectivity index is 1.96. The van der Waals surface area contributed by atoms with Crippen molar-refractivity contribution in [2.45, 2.75) is 44.6 Å². The van der Waals surface area contributed by atoms with E-state index < -0.39 is 5.41 Å². The smallest absolute Gasteiger partial charge is 0.230 e. The Hall–Kier alpha value is -1.46. The van der Waals surface area contributed by atoms with Gasteiger partial charge >= 0.3 is 0 Å². The van der Waals surface area contributed by atoms with Crippen LogP contribution < -0.4 is 5.32 Å². The van der Waals surface area contributed by atoms with E-state index in [1.807, 2.05) is 13.8 Å². The second-order valence-corrected chi connectivity index (χ2v) is 6.75. The molecule has 1 unspecified atom stereocenters. The van der Waals surface area contributed by atoms with Crippen molar-refractivity contribution in [2.24, 2.45) is 0 Å². The average Bonchev–Trinajstić information content (AvgIpc) is 2.54. The molecule has 1 aliphatic heterocycles. The van der Waals surface area contributed by atoms with Gasteiger partial charge in [-0.05, 0) is 50.9 Å². The number of likely N-dealkylation sites (tertiary alicyclic amines) is 1. The first kappa shape index (κ1) is 17.9. The van der Waals surface area contributed by atoms with E-state index in [1.54, 1.807) is 12.1 Å². The van der Waals surface area contributed by atoms with Crippen molar-refractivity contribution in [3.63, 3.8) is 0 Å². The number of carbonyl (C=O) groups excluding carboxylic acids is 1. The Labute approximate surface area is 137 Å². The second-order valence-electron chi connectivity index (χ2n) is 6.75. The minimum atomic E-state index is -0.704. The molecule has 2 rings (SSSR count). The predicted octanol–water partition coefficient (Wildman–Crippen LogP) is 2.07. The molecule has 0 aliphatic carbocycles. The van der Waals surface area contributed by atoms with Crippen LogP contribution in [0, 0.1) is 5.82 Å². The number of hydrogen-bond acceptors (Lipinski definition) is 3. The van der Waals surface area contributed by atoms with Gasteiger partial charge in [0.15, 0.2) is 0 Å². The maximum Gasteiger partial charge on any atom is 0.230 e. The molecule has 128 valence electrons. The standard InChI is InChI=1S/C18H27FN2O2/c1-18(2,14-6-8-15(19)9-7-14)17(23)20-13-16-5-3-4-10-21(16)11-12-22/h6-9,16,22H,3-5,10-13H2,1-2H3,(H,20,23). The number of halogens is 1. The van der Waals surface area contributed by atoms with Crippen LogP contribution in [-0.2, 0) is 10.2 Å². The number of benzene rings is 1. The van der Waals surface area contributed by atoms with E-state index in [4.69, 9.17) is 5.11 Å². The molecule has 1 fully saturated rings. The summed E-state index contributed by atoms with van der Waals surface area (Å²) in [5, 5.41) is 12.2. The summed E-state index contributed by atoms with van der Waals surface area (Å²) in [4.78, 5) is 14.8. The normalized spacial score (nSPS) is 19.6. The van der Waals surface area contributed by atoms with Gasteiger partial charge in [-0.15, -0.1) is 0 Å². The fourth-order valence-corrected chi connectivity index (χ4v) is 3.14. The van der Waals surface area contributed by atoms with Crippen molar-refractivity contribution in [3.05, 3.63) is 35.6 Å². The first-order valence-corrected chi connectivity index (χ1v) is 8.34. The number of carbonyl (C=O) groups is 1. The van der Waals surface area contributed by atoms with Gasteiger partial charge in [-0.2, -0.15) is 0 Å². The number of amides is 1. The third-order valence-electron chi connectivity index (χ3n) is 4.77. The highest BCUT2D eigenvalue weighted by Gasteiger charge is 2.31. The van der Waals surface area contributed by atoms with Gasteiger partial charge in [0.05, 0.1) is 12.0 Å². The summed E-state index contributed by atoms with van der Waals surface area (Å²) >= 11 is 0. The summed E-state index contributed by atoms with van der Waals surface area (Å²) in [6.07, 6.45) is 3.34. The van der Waals surface area contributed by atoms with E-state index in [1.165, 1.54) is 12.1 Å². The maximum atomic E-state index is 13.1. The number of aliphatic hydroxyl groups is 1. The molecule has 1 saturated heterocycles. The lowest BCUT2D eigenvalue weighted by molar-refractivity contribution is -0.126. The van der Waals surface area contributed by atoms with Gasteiger partial charge in [0.25, 0.3) is 0 Å². The van der Waals surface area contributed by atoms with Gasteiger partial charge in [0, 0.05) is 19.1 Å². The van der Waals surface area contributed by atoms with Gasteiger partial charge in [-0.25, -0.2) is 4.39 Å². The van der Waals surface area contributed by atoms with E-state index in [9.17, 15) is 9.18 Å². The molecular weight excluding hydrogens is 295 g/mol. The van der Waals surface area contributed by atoms with Gasteiger partial charge in [0.2, 0.25) is 5.91 Å². The zero-order chi connectivity index (χ0) is 16.9. The number of rotatable bonds is 6. The van der Waals surface area contributed by atoms with Crippen LogP contribution in [0.1, 0.15) is 38.7 Å². The Morgan fingerprint density at radius 2 is 2.04 bits per heavy atom. The van der Waals surface area contributed by atoms with Crippen molar-refractivity contribution in [1.82, 2.24) is 10.2 Å². The molecule has 0 saturated carbocycles. The quantitative estimate of drug-likeness (QED) is 0.843. The van der Waals surface area contributed by atoms with Crippen LogP contribution in [0.5, 0.6) is 0 Å². The number of nitrogens with zero attached hydrogens (tertiary/aromatic N) is 1. The maximum absolute atomic E-state index is 13.1. The molecule has 1 amide bonds.